The van der Waals surface area contributed by atoms with E-state index in [4.69, 9.17) is 4.74 Å². The van der Waals surface area contributed by atoms with Gasteiger partial charge in [0.2, 0.25) is 11.8 Å². The second-order valence-electron chi connectivity index (χ2n) is 6.43. The molecule has 1 unspecified atom stereocenters. The summed E-state index contributed by atoms with van der Waals surface area (Å²) in [5.74, 6) is 0.450. The number of halogens is 1. The number of aryl methyl sites for hydroxylation is 1. The van der Waals surface area contributed by atoms with Crippen molar-refractivity contribution < 1.29 is 14.3 Å². The molecule has 0 radical (unpaired) electrons. The summed E-state index contributed by atoms with van der Waals surface area (Å²) in [6.07, 6.45) is 0.201. The summed E-state index contributed by atoms with van der Waals surface area (Å²) in [6.45, 7) is 4.40. The molecule has 136 valence electrons. The molecule has 3 rings (SSSR count). The highest BCUT2D eigenvalue weighted by Gasteiger charge is 2.27. The summed E-state index contributed by atoms with van der Waals surface area (Å²) in [4.78, 5) is 26.6. The van der Waals surface area contributed by atoms with Crippen LogP contribution in [-0.4, -0.2) is 24.5 Å². The zero-order valence-corrected chi connectivity index (χ0v) is 16.4. The molecular formula is C20H21BrN2O3. The number of para-hydroxylation sites is 1. The van der Waals surface area contributed by atoms with Gasteiger partial charge < -0.3 is 15.0 Å². The van der Waals surface area contributed by atoms with Gasteiger partial charge in [-0.05, 0) is 59.6 Å². The number of nitrogens with zero attached hydrogens (tertiary/aromatic N) is 1. The molecule has 0 aliphatic carbocycles. The molecule has 1 aliphatic rings. The smallest absolute Gasteiger partial charge is 0.227 e. The molecule has 2 aromatic carbocycles. The highest BCUT2D eigenvalue weighted by Crippen LogP contribution is 2.34. The summed E-state index contributed by atoms with van der Waals surface area (Å²) >= 11 is 3.39. The van der Waals surface area contributed by atoms with Crippen LogP contribution in [0, 0.1) is 6.92 Å². The van der Waals surface area contributed by atoms with E-state index in [2.05, 4.69) is 21.2 Å². The average Bonchev–Trinajstić information content (AvgIpc) is 2.61. The molecule has 2 aromatic rings. The maximum absolute atomic E-state index is 12.7. The zero-order valence-electron chi connectivity index (χ0n) is 14.8. The fourth-order valence-electron chi connectivity index (χ4n) is 2.91. The Hall–Kier alpha value is -2.34. The van der Waals surface area contributed by atoms with Crippen molar-refractivity contribution in [2.24, 2.45) is 0 Å². The van der Waals surface area contributed by atoms with Crippen LogP contribution >= 0.6 is 15.9 Å². The molecule has 5 nitrogen and oxygen atoms in total. The fourth-order valence-corrected chi connectivity index (χ4v) is 3.30. The van der Waals surface area contributed by atoms with Crippen LogP contribution in [0.1, 0.15) is 25.3 Å². The predicted molar refractivity (Wildman–Crippen MR) is 106 cm³/mol. The molecule has 0 bridgehead atoms. The lowest BCUT2D eigenvalue weighted by Gasteiger charge is -2.33. The monoisotopic (exact) mass is 416 g/mol. The first-order chi connectivity index (χ1) is 12.4. The minimum Gasteiger partial charge on any atom is -0.487 e. The Morgan fingerprint density at radius 1 is 1.23 bits per heavy atom. The van der Waals surface area contributed by atoms with Crippen molar-refractivity contribution in [2.75, 3.05) is 16.8 Å². The molecule has 0 saturated heterocycles. The third-order valence-electron chi connectivity index (χ3n) is 4.19. The third-order valence-corrected chi connectivity index (χ3v) is 4.88. The van der Waals surface area contributed by atoms with E-state index in [1.54, 1.807) is 4.90 Å². The summed E-state index contributed by atoms with van der Waals surface area (Å²) in [7, 11) is 0. The van der Waals surface area contributed by atoms with Crippen LogP contribution in [-0.2, 0) is 9.59 Å². The first kappa shape index (κ1) is 18.5. The van der Waals surface area contributed by atoms with E-state index in [1.165, 1.54) is 0 Å². The Bertz CT molecular complexity index is 838. The largest absolute Gasteiger partial charge is 0.487 e. The van der Waals surface area contributed by atoms with Crippen molar-refractivity contribution in [3.05, 3.63) is 52.5 Å². The number of hydrogen-bond acceptors (Lipinski definition) is 3. The van der Waals surface area contributed by atoms with E-state index in [0.717, 1.165) is 15.7 Å². The number of rotatable bonds is 4. The van der Waals surface area contributed by atoms with Gasteiger partial charge in [-0.3, -0.25) is 9.59 Å². The first-order valence-corrected chi connectivity index (χ1v) is 9.35. The standard InChI is InChI=1S/C20H21BrN2O3/c1-13-7-8-18-17(11-13)23(12-14(2)26-18)20(25)10-9-19(24)22-16-6-4-3-5-15(16)21/h3-8,11,14H,9-10,12H2,1-2H3,(H,22,24). The van der Waals surface area contributed by atoms with Crippen LogP contribution in [0.25, 0.3) is 0 Å². The fraction of sp³-hybridized carbons (Fsp3) is 0.300. The number of carbonyl (C=O) groups is 2. The molecule has 0 saturated carbocycles. The minimum absolute atomic E-state index is 0.0747. The maximum Gasteiger partial charge on any atom is 0.227 e. The van der Waals surface area contributed by atoms with Crippen LogP contribution in [0.3, 0.4) is 0 Å². The number of anilines is 2. The molecule has 26 heavy (non-hydrogen) atoms. The molecule has 1 atom stereocenters. The van der Waals surface area contributed by atoms with Gasteiger partial charge in [-0.2, -0.15) is 0 Å². The number of nitrogens with one attached hydrogen (secondary N) is 1. The molecule has 0 spiro atoms. The van der Waals surface area contributed by atoms with Gasteiger partial charge in [-0.25, -0.2) is 0 Å². The number of benzene rings is 2. The van der Waals surface area contributed by atoms with E-state index in [-0.39, 0.29) is 30.8 Å². The van der Waals surface area contributed by atoms with Gasteiger partial charge in [0.25, 0.3) is 0 Å². The maximum atomic E-state index is 12.7. The Kier molecular flexibility index (Phi) is 5.61. The molecule has 2 amide bonds. The number of carbonyl (C=O) groups excluding carboxylic acids is 2. The highest BCUT2D eigenvalue weighted by atomic mass is 79.9. The van der Waals surface area contributed by atoms with E-state index in [1.807, 2.05) is 56.3 Å². The number of fused-ring (bicyclic) bond motifs is 1. The van der Waals surface area contributed by atoms with E-state index in [9.17, 15) is 9.59 Å². The quantitative estimate of drug-likeness (QED) is 0.808. The van der Waals surface area contributed by atoms with E-state index >= 15 is 0 Å². The highest BCUT2D eigenvalue weighted by molar-refractivity contribution is 9.10. The zero-order chi connectivity index (χ0) is 18.7. The lowest BCUT2D eigenvalue weighted by Crippen LogP contribution is -2.42. The number of amides is 2. The minimum atomic E-state index is -0.184. The predicted octanol–water partition coefficient (Wildman–Crippen LogP) is 4.29. The van der Waals surface area contributed by atoms with E-state index < -0.39 is 0 Å². The average molecular weight is 417 g/mol. The summed E-state index contributed by atoms with van der Waals surface area (Å²) in [5.41, 5.74) is 2.54. The topological polar surface area (TPSA) is 58.6 Å². The first-order valence-electron chi connectivity index (χ1n) is 8.56. The molecule has 0 fully saturated rings. The molecule has 0 aromatic heterocycles. The molecule has 1 heterocycles. The number of hydrogen-bond donors (Lipinski definition) is 1. The summed E-state index contributed by atoms with van der Waals surface area (Å²) in [5, 5.41) is 2.82. The van der Waals surface area contributed by atoms with Crippen molar-refractivity contribution in [1.29, 1.82) is 0 Å². The second kappa shape index (κ2) is 7.91. The number of ether oxygens (including phenoxy) is 1. The third kappa shape index (κ3) is 4.25. The van der Waals surface area contributed by atoms with Crippen LogP contribution in [0.2, 0.25) is 0 Å². The van der Waals surface area contributed by atoms with Crippen molar-refractivity contribution >= 4 is 39.1 Å². The van der Waals surface area contributed by atoms with Gasteiger partial charge in [0.05, 0.1) is 17.9 Å². The van der Waals surface area contributed by atoms with Gasteiger partial charge in [0.1, 0.15) is 11.9 Å². The molecular weight excluding hydrogens is 396 g/mol. The van der Waals surface area contributed by atoms with Gasteiger partial charge >= 0.3 is 0 Å². The molecule has 1 N–H and O–H groups in total. The van der Waals surface area contributed by atoms with Crippen molar-refractivity contribution in [3.63, 3.8) is 0 Å². The Labute approximate surface area is 161 Å². The lowest BCUT2D eigenvalue weighted by molar-refractivity contribution is -0.122. The lowest BCUT2D eigenvalue weighted by atomic mass is 10.1. The molecule has 6 heteroatoms. The van der Waals surface area contributed by atoms with Crippen LogP contribution in [0.5, 0.6) is 5.75 Å². The SMILES string of the molecule is Cc1ccc2c(c1)N(C(=O)CCC(=O)Nc1ccccc1Br)CC(C)O2. The van der Waals surface area contributed by atoms with Gasteiger partial charge in [0, 0.05) is 17.3 Å². The van der Waals surface area contributed by atoms with Crippen LogP contribution in [0.4, 0.5) is 11.4 Å². The Balaban J connectivity index is 1.64. The van der Waals surface area contributed by atoms with Crippen molar-refractivity contribution in [2.45, 2.75) is 32.8 Å². The van der Waals surface area contributed by atoms with Crippen LogP contribution in [0.15, 0.2) is 46.9 Å². The van der Waals surface area contributed by atoms with Gasteiger partial charge in [-0.1, -0.05) is 18.2 Å². The Morgan fingerprint density at radius 2 is 2.00 bits per heavy atom. The molecule has 1 aliphatic heterocycles. The summed E-state index contributed by atoms with van der Waals surface area (Å²) in [6, 6.07) is 13.2. The normalized spacial score (nSPS) is 15.8. The van der Waals surface area contributed by atoms with Gasteiger partial charge in [-0.15, -0.1) is 0 Å². The van der Waals surface area contributed by atoms with E-state index in [0.29, 0.717) is 18.0 Å². The van der Waals surface area contributed by atoms with Crippen molar-refractivity contribution in [1.82, 2.24) is 0 Å². The second-order valence-corrected chi connectivity index (χ2v) is 7.29. The summed E-state index contributed by atoms with van der Waals surface area (Å²) < 4.78 is 6.62. The van der Waals surface area contributed by atoms with Crippen LogP contribution < -0.4 is 15.0 Å². The van der Waals surface area contributed by atoms with Gasteiger partial charge in [0.15, 0.2) is 0 Å². The van der Waals surface area contributed by atoms with Crippen molar-refractivity contribution in [3.8, 4) is 5.75 Å². The Morgan fingerprint density at radius 3 is 2.77 bits per heavy atom.